The Balaban J connectivity index is 1.47. The number of thiophene rings is 1. The van der Waals surface area contributed by atoms with E-state index in [1.54, 1.807) is 6.20 Å². The number of nitrogens with zero attached hydrogens (tertiary/aromatic N) is 3. The summed E-state index contributed by atoms with van der Waals surface area (Å²) in [5.74, 6) is 0. The lowest BCUT2D eigenvalue weighted by Gasteiger charge is -2.19. The normalized spacial score (nSPS) is 11.8. The van der Waals surface area contributed by atoms with Crippen LogP contribution >= 0.6 is 11.3 Å². The summed E-state index contributed by atoms with van der Waals surface area (Å²) in [6.45, 7) is 0. The second-order valence-electron chi connectivity index (χ2n) is 11.9. The van der Waals surface area contributed by atoms with E-state index < -0.39 is 0 Å². The number of rotatable bonds is 6. The van der Waals surface area contributed by atoms with Crippen LogP contribution in [0.4, 0.5) is 0 Å². The molecule has 0 fully saturated rings. The maximum atomic E-state index is 9.51. The third kappa shape index (κ3) is 5.29. The molecule has 0 unspecified atom stereocenters. The first-order valence-corrected chi connectivity index (χ1v) is 16.8. The van der Waals surface area contributed by atoms with Crippen LogP contribution in [0.25, 0.3) is 80.7 Å². The molecule has 0 saturated carbocycles. The summed E-state index contributed by atoms with van der Waals surface area (Å²) < 4.78 is 2.50. The third-order valence-corrected chi connectivity index (χ3v) is 10.2. The Hall–Kier alpha value is -6.53. The monoisotopic (exact) mass is 644 g/mol. The summed E-state index contributed by atoms with van der Waals surface area (Å²) in [7, 11) is 0. The lowest BCUT2D eigenvalue weighted by atomic mass is 9.84. The Bertz CT molecular complexity index is 2740. The Morgan fingerprint density at radius 3 is 2.06 bits per heavy atom. The summed E-state index contributed by atoms with van der Waals surface area (Å²) in [6.07, 6.45) is 7.28. The Labute approximate surface area is 287 Å². The van der Waals surface area contributed by atoms with Gasteiger partial charge in [-0.25, -0.2) is 4.98 Å². The van der Waals surface area contributed by atoms with E-state index in [0.717, 1.165) is 49.7 Å². The first-order chi connectivity index (χ1) is 24.2. The highest BCUT2D eigenvalue weighted by Crippen LogP contribution is 2.47. The van der Waals surface area contributed by atoms with E-state index >= 15 is 0 Å². The van der Waals surface area contributed by atoms with Gasteiger partial charge in [-0.3, -0.25) is 0 Å². The van der Waals surface area contributed by atoms with Crippen LogP contribution in [-0.4, -0.2) is 4.98 Å². The molecule has 6 aromatic carbocycles. The molecular weight excluding hydrogens is 617 g/mol. The topological polar surface area (TPSA) is 86.5 Å². The van der Waals surface area contributed by atoms with Gasteiger partial charge in [0.15, 0.2) is 0 Å². The van der Waals surface area contributed by atoms with Crippen LogP contribution in [0.15, 0.2) is 146 Å². The minimum absolute atomic E-state index is 0.296. The second-order valence-corrected chi connectivity index (χ2v) is 13.0. The van der Waals surface area contributed by atoms with Crippen LogP contribution in [0.2, 0.25) is 0 Å². The van der Waals surface area contributed by atoms with Crippen LogP contribution in [-0.2, 0) is 0 Å². The van der Waals surface area contributed by atoms with Crippen LogP contribution in [0, 0.1) is 22.7 Å². The molecule has 0 bridgehead atoms. The first-order valence-electron chi connectivity index (χ1n) is 16.0. The highest BCUT2D eigenvalue weighted by molar-refractivity contribution is 7.25. The molecule has 2 heterocycles. The molecule has 0 aliphatic carbocycles. The van der Waals surface area contributed by atoms with Crippen molar-refractivity contribution in [2.75, 3.05) is 0 Å². The van der Waals surface area contributed by atoms with Gasteiger partial charge in [-0.1, -0.05) is 84.9 Å². The van der Waals surface area contributed by atoms with E-state index in [1.165, 1.54) is 42.7 Å². The quantitative estimate of drug-likeness (QED) is 0.144. The molecule has 8 aromatic rings. The van der Waals surface area contributed by atoms with Gasteiger partial charge in [0.25, 0.3) is 0 Å². The maximum absolute atomic E-state index is 9.51. The molecule has 0 radical (unpaired) electrons. The van der Waals surface area contributed by atoms with Crippen molar-refractivity contribution in [1.82, 2.24) is 4.98 Å². The van der Waals surface area contributed by atoms with Gasteiger partial charge in [-0.05, 0) is 121 Å². The number of aromatic nitrogens is 1. The van der Waals surface area contributed by atoms with Gasteiger partial charge in [-0.2, -0.15) is 10.5 Å². The summed E-state index contributed by atoms with van der Waals surface area (Å²) in [5.41, 5.74) is 14.6. The van der Waals surface area contributed by atoms with E-state index in [-0.39, 0.29) is 0 Å². The average molecular weight is 645 g/mol. The van der Waals surface area contributed by atoms with Gasteiger partial charge in [0.2, 0.25) is 0 Å². The minimum atomic E-state index is 0.296. The fraction of sp³-hybridized carbons (Fsp3) is 0.0227. The van der Waals surface area contributed by atoms with E-state index in [2.05, 4.69) is 126 Å². The van der Waals surface area contributed by atoms with E-state index in [9.17, 15) is 10.5 Å². The summed E-state index contributed by atoms with van der Waals surface area (Å²) in [6, 6.07) is 47.3. The molecule has 8 rings (SSSR count). The number of fused-ring (bicyclic) bond motifs is 5. The van der Waals surface area contributed by atoms with Crippen molar-refractivity contribution in [3.63, 3.8) is 0 Å². The van der Waals surface area contributed by atoms with Gasteiger partial charge in [0, 0.05) is 26.4 Å². The number of hydrogen-bond donors (Lipinski definition) is 1. The predicted molar refractivity (Wildman–Crippen MR) is 205 cm³/mol. The smallest absolute Gasteiger partial charge is 0.141 e. The largest absolute Gasteiger partial charge is 0.405 e. The van der Waals surface area contributed by atoms with Crippen molar-refractivity contribution in [2.45, 2.75) is 6.42 Å². The average Bonchev–Trinajstić information content (AvgIpc) is 3.52. The van der Waals surface area contributed by atoms with Crippen LogP contribution in [0.5, 0.6) is 0 Å². The standard InChI is InChI=1S/C44H28N4S/c45-19-7-12-28(17-20-46)29-8-5-10-32(22-29)43-36-14-1-2-15-37(36)44(33-11-6-9-30(23-33)31-18-21-48-34(24-31)27-47)40-26-42-38(25-39(40)43)35-13-3-4-16-41(35)49-42/h1-6,8-18,20-26H,7,46H2/b20-17-,28-12+. The number of allylic oxidation sites excluding steroid dienone is 3. The van der Waals surface area contributed by atoms with Gasteiger partial charge in [-0.15, -0.1) is 11.3 Å². The van der Waals surface area contributed by atoms with Gasteiger partial charge < -0.3 is 5.73 Å². The van der Waals surface area contributed by atoms with Crippen molar-refractivity contribution in [2.24, 2.45) is 5.73 Å². The molecular formula is C44H28N4S. The zero-order chi connectivity index (χ0) is 33.3. The second kappa shape index (κ2) is 12.6. The summed E-state index contributed by atoms with van der Waals surface area (Å²) in [5, 5.41) is 26.0. The number of pyridine rings is 1. The number of nitriles is 2. The maximum Gasteiger partial charge on any atom is 0.141 e. The van der Waals surface area contributed by atoms with Crippen molar-refractivity contribution in [3.05, 3.63) is 157 Å². The number of hydrogen-bond acceptors (Lipinski definition) is 5. The molecule has 0 aliphatic rings. The molecule has 2 aromatic heterocycles. The number of nitrogens with two attached hydrogens (primary N) is 1. The van der Waals surface area contributed by atoms with Crippen molar-refractivity contribution in [1.29, 1.82) is 10.5 Å². The third-order valence-electron chi connectivity index (χ3n) is 9.05. The molecule has 0 amide bonds. The van der Waals surface area contributed by atoms with Gasteiger partial charge in [0.05, 0.1) is 12.5 Å². The minimum Gasteiger partial charge on any atom is -0.405 e. The molecule has 0 saturated heterocycles. The molecule has 0 atom stereocenters. The van der Waals surface area contributed by atoms with E-state index in [1.807, 2.05) is 35.6 Å². The van der Waals surface area contributed by atoms with Crippen LogP contribution < -0.4 is 5.73 Å². The van der Waals surface area contributed by atoms with E-state index in [0.29, 0.717) is 12.1 Å². The SMILES string of the molecule is N#CC/C=C(\C=C/N)c1cccc(-c2c3ccccc3c(-c3cccc(-c4ccnc(C#N)c4)c3)c3cc4sc5ccccc5c4cc23)c1. The highest BCUT2D eigenvalue weighted by Gasteiger charge is 2.19. The summed E-state index contributed by atoms with van der Waals surface area (Å²) in [4.78, 5) is 4.19. The van der Waals surface area contributed by atoms with Gasteiger partial charge >= 0.3 is 0 Å². The predicted octanol–water partition coefficient (Wildman–Crippen LogP) is 11.4. The Morgan fingerprint density at radius 2 is 1.31 bits per heavy atom. The fourth-order valence-electron chi connectivity index (χ4n) is 6.94. The Morgan fingerprint density at radius 1 is 0.633 bits per heavy atom. The first kappa shape index (κ1) is 29.8. The Kier molecular flexibility index (Phi) is 7.66. The van der Waals surface area contributed by atoms with Crippen LogP contribution in [0.3, 0.4) is 0 Å². The van der Waals surface area contributed by atoms with E-state index in [4.69, 9.17) is 5.73 Å². The molecule has 0 aliphatic heterocycles. The summed E-state index contributed by atoms with van der Waals surface area (Å²) >= 11 is 1.82. The van der Waals surface area contributed by atoms with Crippen molar-refractivity contribution < 1.29 is 0 Å². The zero-order valence-corrected chi connectivity index (χ0v) is 27.2. The lowest BCUT2D eigenvalue weighted by molar-refractivity contribution is 1.26. The molecule has 0 spiro atoms. The zero-order valence-electron chi connectivity index (χ0n) is 26.4. The number of benzene rings is 6. The highest BCUT2D eigenvalue weighted by atomic mass is 32.1. The fourth-order valence-corrected chi connectivity index (χ4v) is 8.06. The molecule has 230 valence electrons. The van der Waals surface area contributed by atoms with Crippen LogP contribution in [0.1, 0.15) is 17.7 Å². The molecule has 5 heteroatoms. The molecule has 49 heavy (non-hydrogen) atoms. The lowest BCUT2D eigenvalue weighted by Crippen LogP contribution is -1.93. The van der Waals surface area contributed by atoms with Crippen molar-refractivity contribution in [3.8, 4) is 45.5 Å². The van der Waals surface area contributed by atoms with Gasteiger partial charge in [0.1, 0.15) is 11.8 Å². The van der Waals surface area contributed by atoms with Crippen molar-refractivity contribution >= 4 is 58.6 Å². The molecule has 4 nitrogen and oxygen atoms in total. The molecule has 2 N–H and O–H groups in total.